The number of ether oxygens (including phenoxy) is 1. The fraction of sp³-hybridized carbons (Fsp3) is 0.722. The van der Waals surface area contributed by atoms with E-state index in [9.17, 15) is 0 Å². The number of nitrogens with one attached hydrogen (secondary N) is 1. The molecule has 0 spiro atoms. The largest absolute Gasteiger partial charge is 0.478 e. The van der Waals surface area contributed by atoms with Gasteiger partial charge in [0.2, 0.25) is 5.88 Å². The Hall–Kier alpha value is -1.09. The van der Waals surface area contributed by atoms with Gasteiger partial charge in [-0.2, -0.15) is 0 Å². The lowest BCUT2D eigenvalue weighted by atomic mass is 10.1. The van der Waals surface area contributed by atoms with Gasteiger partial charge in [-0.1, -0.05) is 53.4 Å². The maximum Gasteiger partial charge on any atom is 0.213 e. The maximum absolute atomic E-state index is 5.86. The van der Waals surface area contributed by atoms with E-state index in [4.69, 9.17) is 4.74 Å². The van der Waals surface area contributed by atoms with Crippen molar-refractivity contribution in [3.05, 3.63) is 23.4 Å². The van der Waals surface area contributed by atoms with Crippen LogP contribution >= 0.6 is 0 Å². The molecule has 0 aliphatic rings. The zero-order valence-electron chi connectivity index (χ0n) is 14.2. The van der Waals surface area contributed by atoms with E-state index < -0.39 is 0 Å². The van der Waals surface area contributed by atoms with E-state index in [0.29, 0.717) is 5.92 Å². The van der Waals surface area contributed by atoms with Crippen LogP contribution in [0.5, 0.6) is 5.88 Å². The molecule has 0 aromatic carbocycles. The summed E-state index contributed by atoms with van der Waals surface area (Å²) in [5.41, 5.74) is 2.38. The molecular weight excluding hydrogens is 260 g/mol. The Morgan fingerprint density at radius 2 is 1.86 bits per heavy atom. The number of nitrogens with zero attached hydrogens (tertiary/aromatic N) is 1. The van der Waals surface area contributed by atoms with Crippen LogP contribution in [0.2, 0.25) is 0 Å². The minimum atomic E-state index is 0.429. The molecular formula is C18H32N2O. The molecule has 0 aliphatic heterocycles. The van der Waals surface area contributed by atoms with Crippen LogP contribution in [0.25, 0.3) is 0 Å². The Morgan fingerprint density at radius 3 is 2.52 bits per heavy atom. The lowest BCUT2D eigenvalue weighted by molar-refractivity contribution is 0.292. The normalized spacial score (nSPS) is 11.1. The molecule has 0 unspecified atom stereocenters. The highest BCUT2D eigenvalue weighted by Crippen LogP contribution is 2.19. The first kappa shape index (κ1) is 18.0. The lowest BCUT2D eigenvalue weighted by Crippen LogP contribution is -2.13. The molecule has 21 heavy (non-hydrogen) atoms. The lowest BCUT2D eigenvalue weighted by Gasteiger charge is -2.12. The van der Waals surface area contributed by atoms with Crippen molar-refractivity contribution in [2.75, 3.05) is 13.2 Å². The molecule has 0 bridgehead atoms. The van der Waals surface area contributed by atoms with Crippen molar-refractivity contribution >= 4 is 0 Å². The van der Waals surface area contributed by atoms with Crippen molar-refractivity contribution in [2.45, 2.75) is 72.3 Å². The highest BCUT2D eigenvalue weighted by molar-refractivity contribution is 5.26. The molecule has 1 rings (SSSR count). The van der Waals surface area contributed by atoms with E-state index in [1.807, 2.05) is 0 Å². The number of unbranched alkanes of at least 4 members (excludes halogenated alkanes) is 4. The average Bonchev–Trinajstić information content (AvgIpc) is 2.48. The Balaban J connectivity index is 2.52. The molecule has 3 heteroatoms. The Morgan fingerprint density at radius 1 is 1.10 bits per heavy atom. The summed E-state index contributed by atoms with van der Waals surface area (Å²) in [5.74, 6) is 1.21. The van der Waals surface area contributed by atoms with E-state index in [-0.39, 0.29) is 0 Å². The quantitative estimate of drug-likeness (QED) is 0.602. The molecule has 1 aromatic rings. The highest BCUT2D eigenvalue weighted by Gasteiger charge is 2.07. The van der Waals surface area contributed by atoms with Gasteiger partial charge < -0.3 is 10.1 Å². The first-order valence-electron chi connectivity index (χ1n) is 8.51. The Bertz CT molecular complexity index is 391. The van der Waals surface area contributed by atoms with Gasteiger partial charge in [-0.05, 0) is 30.5 Å². The smallest absolute Gasteiger partial charge is 0.213 e. The second-order valence-corrected chi connectivity index (χ2v) is 5.94. The third-order valence-corrected chi connectivity index (χ3v) is 3.55. The van der Waals surface area contributed by atoms with Crippen molar-refractivity contribution in [3.63, 3.8) is 0 Å². The fourth-order valence-corrected chi connectivity index (χ4v) is 2.21. The van der Waals surface area contributed by atoms with Gasteiger partial charge in [0.1, 0.15) is 0 Å². The topological polar surface area (TPSA) is 34.1 Å². The van der Waals surface area contributed by atoms with Gasteiger partial charge in [0.15, 0.2) is 0 Å². The summed E-state index contributed by atoms with van der Waals surface area (Å²) < 4.78 is 5.86. The molecule has 120 valence electrons. The Labute approximate surface area is 130 Å². The number of hydrogen-bond donors (Lipinski definition) is 1. The van der Waals surface area contributed by atoms with Crippen LogP contribution in [0.4, 0.5) is 0 Å². The van der Waals surface area contributed by atoms with Gasteiger partial charge >= 0.3 is 0 Å². The SMILES string of the molecule is CCCCCCCOc1cc(CNCC)cc(C(C)C)n1. The number of hydrogen-bond acceptors (Lipinski definition) is 3. The molecule has 1 heterocycles. The number of pyridine rings is 1. The zero-order valence-corrected chi connectivity index (χ0v) is 14.2. The summed E-state index contributed by atoms with van der Waals surface area (Å²) >= 11 is 0. The second-order valence-electron chi connectivity index (χ2n) is 5.94. The van der Waals surface area contributed by atoms with Crippen LogP contribution in [0.3, 0.4) is 0 Å². The van der Waals surface area contributed by atoms with Crippen molar-refractivity contribution in [1.29, 1.82) is 0 Å². The minimum Gasteiger partial charge on any atom is -0.478 e. The molecule has 0 amide bonds. The van der Waals surface area contributed by atoms with Crippen LogP contribution in [-0.4, -0.2) is 18.1 Å². The fourth-order valence-electron chi connectivity index (χ4n) is 2.21. The van der Waals surface area contributed by atoms with Crippen LogP contribution < -0.4 is 10.1 Å². The summed E-state index contributed by atoms with van der Waals surface area (Å²) in [4.78, 5) is 4.62. The zero-order chi connectivity index (χ0) is 15.5. The monoisotopic (exact) mass is 292 g/mol. The standard InChI is InChI=1S/C18H32N2O/c1-5-7-8-9-10-11-21-18-13-16(14-19-6-2)12-17(20-18)15(3)4/h12-13,15,19H,5-11,14H2,1-4H3. The Kier molecular flexibility index (Phi) is 9.07. The van der Waals surface area contributed by atoms with Crippen LogP contribution in [0.15, 0.2) is 12.1 Å². The first-order chi connectivity index (χ1) is 10.2. The third-order valence-electron chi connectivity index (χ3n) is 3.55. The average molecular weight is 292 g/mol. The van der Waals surface area contributed by atoms with Crippen molar-refractivity contribution in [1.82, 2.24) is 10.3 Å². The van der Waals surface area contributed by atoms with Crippen molar-refractivity contribution in [3.8, 4) is 5.88 Å². The summed E-state index contributed by atoms with van der Waals surface area (Å²) in [6.07, 6.45) is 6.30. The van der Waals surface area contributed by atoms with Crippen molar-refractivity contribution < 1.29 is 4.74 Å². The second kappa shape index (κ2) is 10.6. The molecule has 0 saturated heterocycles. The van der Waals surface area contributed by atoms with E-state index in [0.717, 1.165) is 37.7 Å². The maximum atomic E-state index is 5.86. The van der Waals surface area contributed by atoms with Gasteiger partial charge in [0.25, 0.3) is 0 Å². The van der Waals surface area contributed by atoms with E-state index in [1.165, 1.54) is 31.2 Å². The summed E-state index contributed by atoms with van der Waals surface area (Å²) in [6, 6.07) is 4.25. The van der Waals surface area contributed by atoms with E-state index in [2.05, 4.69) is 50.1 Å². The van der Waals surface area contributed by atoms with Gasteiger partial charge in [-0.15, -0.1) is 0 Å². The summed E-state index contributed by atoms with van der Waals surface area (Å²) in [6.45, 7) is 11.3. The van der Waals surface area contributed by atoms with Crippen LogP contribution in [0.1, 0.15) is 77.0 Å². The van der Waals surface area contributed by atoms with Gasteiger partial charge in [-0.3, -0.25) is 0 Å². The molecule has 3 nitrogen and oxygen atoms in total. The summed E-state index contributed by atoms with van der Waals surface area (Å²) in [5, 5.41) is 3.37. The van der Waals surface area contributed by atoms with Crippen LogP contribution in [0, 0.1) is 0 Å². The van der Waals surface area contributed by atoms with E-state index in [1.54, 1.807) is 0 Å². The van der Waals surface area contributed by atoms with Crippen molar-refractivity contribution in [2.24, 2.45) is 0 Å². The molecule has 0 aliphatic carbocycles. The molecule has 0 fully saturated rings. The third kappa shape index (κ3) is 7.47. The molecule has 0 radical (unpaired) electrons. The predicted octanol–water partition coefficient (Wildman–Crippen LogP) is 4.66. The molecule has 1 aromatic heterocycles. The molecule has 0 saturated carbocycles. The van der Waals surface area contributed by atoms with Gasteiger partial charge in [0, 0.05) is 18.3 Å². The van der Waals surface area contributed by atoms with Crippen LogP contribution in [-0.2, 0) is 6.54 Å². The number of rotatable bonds is 11. The van der Waals surface area contributed by atoms with Gasteiger partial charge in [0.05, 0.1) is 6.61 Å². The number of aromatic nitrogens is 1. The summed E-state index contributed by atoms with van der Waals surface area (Å²) in [7, 11) is 0. The predicted molar refractivity (Wildman–Crippen MR) is 90.0 cm³/mol. The highest BCUT2D eigenvalue weighted by atomic mass is 16.5. The van der Waals surface area contributed by atoms with E-state index >= 15 is 0 Å². The first-order valence-corrected chi connectivity index (χ1v) is 8.51. The minimum absolute atomic E-state index is 0.429. The molecule has 1 N–H and O–H groups in total. The molecule has 0 atom stereocenters. The van der Waals surface area contributed by atoms with Gasteiger partial charge in [-0.25, -0.2) is 4.98 Å².